The van der Waals surface area contributed by atoms with Crippen LogP contribution in [0.5, 0.6) is 5.75 Å². The van der Waals surface area contributed by atoms with E-state index in [0.29, 0.717) is 18.1 Å². The average molecular weight is 388 g/mol. The van der Waals surface area contributed by atoms with Crippen molar-refractivity contribution in [3.63, 3.8) is 0 Å². The molecule has 0 bridgehead atoms. The van der Waals surface area contributed by atoms with Gasteiger partial charge >= 0.3 is 0 Å². The van der Waals surface area contributed by atoms with E-state index in [1.165, 1.54) is 11.1 Å². The molecule has 0 saturated carbocycles. The van der Waals surface area contributed by atoms with Gasteiger partial charge in [0.25, 0.3) is 5.91 Å². The molecule has 2 heterocycles. The number of hydrogen-bond acceptors (Lipinski definition) is 5. The first kappa shape index (κ1) is 18.9. The summed E-state index contributed by atoms with van der Waals surface area (Å²) in [6.45, 7) is 3.92. The fourth-order valence-corrected chi connectivity index (χ4v) is 3.54. The van der Waals surface area contributed by atoms with E-state index >= 15 is 0 Å². The Morgan fingerprint density at radius 1 is 1.10 bits per heavy atom. The third-order valence-electron chi connectivity index (χ3n) is 5.12. The molecule has 0 spiro atoms. The van der Waals surface area contributed by atoms with E-state index in [2.05, 4.69) is 44.5 Å². The van der Waals surface area contributed by atoms with Gasteiger partial charge in [-0.2, -0.15) is 0 Å². The molecular formula is C23H24N4O2. The number of rotatable bonds is 5. The Kier molecular flexibility index (Phi) is 5.42. The molecule has 0 aliphatic carbocycles. The predicted molar refractivity (Wildman–Crippen MR) is 112 cm³/mol. The summed E-state index contributed by atoms with van der Waals surface area (Å²) in [6, 6.07) is 17.9. The van der Waals surface area contributed by atoms with E-state index in [1.807, 2.05) is 31.2 Å². The van der Waals surface area contributed by atoms with Gasteiger partial charge < -0.3 is 15.0 Å². The topological polar surface area (TPSA) is 67.3 Å². The summed E-state index contributed by atoms with van der Waals surface area (Å²) in [5.41, 5.74) is 4.07. The fourth-order valence-electron chi connectivity index (χ4n) is 3.54. The normalized spacial score (nSPS) is 13.0. The maximum Gasteiger partial charge on any atom is 0.270 e. The van der Waals surface area contributed by atoms with Crippen molar-refractivity contribution in [2.45, 2.75) is 26.4 Å². The van der Waals surface area contributed by atoms with Crippen molar-refractivity contribution in [2.24, 2.45) is 0 Å². The zero-order valence-electron chi connectivity index (χ0n) is 16.7. The molecule has 6 nitrogen and oxygen atoms in total. The molecule has 2 aromatic carbocycles. The molecule has 1 aliphatic heterocycles. The van der Waals surface area contributed by atoms with Crippen LogP contribution in [0.2, 0.25) is 0 Å². The minimum Gasteiger partial charge on any atom is -0.497 e. The maximum absolute atomic E-state index is 12.7. The highest BCUT2D eigenvalue weighted by molar-refractivity contribution is 5.92. The number of anilines is 1. The van der Waals surface area contributed by atoms with Gasteiger partial charge in [0.05, 0.1) is 7.11 Å². The Bertz CT molecular complexity index is 1020. The van der Waals surface area contributed by atoms with E-state index in [4.69, 9.17) is 4.74 Å². The molecule has 1 amide bonds. The zero-order chi connectivity index (χ0) is 20.2. The Balaban J connectivity index is 1.47. The Morgan fingerprint density at radius 2 is 1.86 bits per heavy atom. The van der Waals surface area contributed by atoms with Crippen LogP contribution in [0.1, 0.15) is 33.0 Å². The van der Waals surface area contributed by atoms with Gasteiger partial charge in [-0.3, -0.25) is 4.79 Å². The number of carbonyl (C=O) groups excluding carboxylic acids is 1. The van der Waals surface area contributed by atoms with Crippen LogP contribution >= 0.6 is 0 Å². The predicted octanol–water partition coefficient (Wildman–Crippen LogP) is 3.29. The van der Waals surface area contributed by atoms with Gasteiger partial charge in [0.2, 0.25) is 0 Å². The summed E-state index contributed by atoms with van der Waals surface area (Å²) in [7, 11) is 1.63. The largest absolute Gasteiger partial charge is 0.497 e. The average Bonchev–Trinajstić information content (AvgIpc) is 2.77. The highest BCUT2D eigenvalue weighted by Gasteiger charge is 2.19. The SMILES string of the molecule is COc1ccc(CNC(=O)c2cc(N3CCc4ccccc4C3)nc(C)n2)cc1. The number of benzene rings is 2. The molecule has 3 aromatic rings. The van der Waals surface area contributed by atoms with Crippen LogP contribution in [-0.2, 0) is 19.5 Å². The van der Waals surface area contributed by atoms with Gasteiger partial charge in [-0.1, -0.05) is 36.4 Å². The highest BCUT2D eigenvalue weighted by Crippen LogP contribution is 2.23. The number of nitrogens with one attached hydrogen (secondary N) is 1. The Labute approximate surface area is 170 Å². The number of hydrogen-bond donors (Lipinski definition) is 1. The fraction of sp³-hybridized carbons (Fsp3) is 0.261. The van der Waals surface area contributed by atoms with E-state index in [0.717, 1.165) is 36.6 Å². The van der Waals surface area contributed by atoms with Crippen LogP contribution in [0.25, 0.3) is 0 Å². The Morgan fingerprint density at radius 3 is 2.62 bits per heavy atom. The van der Waals surface area contributed by atoms with E-state index in [9.17, 15) is 4.79 Å². The molecule has 0 fully saturated rings. The molecule has 29 heavy (non-hydrogen) atoms. The number of aromatic nitrogens is 2. The molecule has 4 rings (SSSR count). The summed E-state index contributed by atoms with van der Waals surface area (Å²) in [5.74, 6) is 1.97. The van der Waals surface area contributed by atoms with Gasteiger partial charge in [0.1, 0.15) is 23.1 Å². The maximum atomic E-state index is 12.7. The van der Waals surface area contributed by atoms with Crippen LogP contribution < -0.4 is 15.0 Å². The van der Waals surface area contributed by atoms with Crippen LogP contribution in [0.4, 0.5) is 5.82 Å². The molecule has 1 aliphatic rings. The zero-order valence-corrected chi connectivity index (χ0v) is 16.7. The van der Waals surface area contributed by atoms with Gasteiger partial charge in [-0.25, -0.2) is 9.97 Å². The highest BCUT2D eigenvalue weighted by atomic mass is 16.5. The van der Waals surface area contributed by atoms with Gasteiger partial charge in [0, 0.05) is 25.7 Å². The minimum absolute atomic E-state index is 0.204. The molecule has 0 radical (unpaired) electrons. The summed E-state index contributed by atoms with van der Waals surface area (Å²) < 4.78 is 5.16. The first-order valence-electron chi connectivity index (χ1n) is 9.71. The number of carbonyl (C=O) groups is 1. The van der Waals surface area contributed by atoms with Crippen molar-refractivity contribution in [3.8, 4) is 5.75 Å². The summed E-state index contributed by atoms with van der Waals surface area (Å²) >= 11 is 0. The lowest BCUT2D eigenvalue weighted by Gasteiger charge is -2.30. The van der Waals surface area contributed by atoms with E-state index in [1.54, 1.807) is 13.2 Å². The molecule has 0 unspecified atom stereocenters. The van der Waals surface area contributed by atoms with Crippen LogP contribution in [0.15, 0.2) is 54.6 Å². The lowest BCUT2D eigenvalue weighted by Crippen LogP contribution is -2.32. The Hall–Kier alpha value is -3.41. The minimum atomic E-state index is -0.204. The first-order valence-corrected chi connectivity index (χ1v) is 9.71. The number of amides is 1. The van der Waals surface area contributed by atoms with Crippen molar-refractivity contribution in [1.82, 2.24) is 15.3 Å². The van der Waals surface area contributed by atoms with Gasteiger partial charge in [-0.05, 0) is 42.2 Å². The van der Waals surface area contributed by atoms with Crippen LogP contribution in [0, 0.1) is 6.92 Å². The molecule has 0 saturated heterocycles. The van der Waals surface area contributed by atoms with Gasteiger partial charge in [0.15, 0.2) is 0 Å². The molecule has 6 heteroatoms. The standard InChI is InChI=1S/C23H24N4O2/c1-16-25-21(23(28)24-14-17-7-9-20(29-2)10-8-17)13-22(26-16)27-12-11-18-5-3-4-6-19(18)15-27/h3-10,13H,11-12,14-15H2,1-2H3,(H,24,28). The summed E-state index contributed by atoms with van der Waals surface area (Å²) in [5, 5.41) is 2.94. The number of fused-ring (bicyclic) bond motifs is 1. The van der Waals surface area contributed by atoms with Crippen LogP contribution in [-0.4, -0.2) is 29.5 Å². The lowest BCUT2D eigenvalue weighted by atomic mass is 10.00. The molecule has 1 N–H and O–H groups in total. The van der Waals surface area contributed by atoms with Crippen molar-refractivity contribution < 1.29 is 9.53 Å². The monoisotopic (exact) mass is 388 g/mol. The molecular weight excluding hydrogens is 364 g/mol. The molecule has 0 atom stereocenters. The lowest BCUT2D eigenvalue weighted by molar-refractivity contribution is 0.0945. The number of nitrogens with zero attached hydrogens (tertiary/aromatic N) is 3. The van der Waals surface area contributed by atoms with E-state index in [-0.39, 0.29) is 5.91 Å². The molecule has 148 valence electrons. The number of methoxy groups -OCH3 is 1. The third kappa shape index (κ3) is 4.37. The summed E-state index contributed by atoms with van der Waals surface area (Å²) in [6.07, 6.45) is 0.970. The van der Waals surface area contributed by atoms with Crippen molar-refractivity contribution in [2.75, 3.05) is 18.6 Å². The van der Waals surface area contributed by atoms with E-state index < -0.39 is 0 Å². The van der Waals surface area contributed by atoms with Gasteiger partial charge in [-0.15, -0.1) is 0 Å². The quantitative estimate of drug-likeness (QED) is 0.727. The number of aryl methyl sites for hydroxylation is 1. The first-order chi connectivity index (χ1) is 14.1. The second-order valence-corrected chi connectivity index (χ2v) is 7.13. The second-order valence-electron chi connectivity index (χ2n) is 7.13. The molecule has 1 aromatic heterocycles. The number of ether oxygens (including phenoxy) is 1. The second kappa shape index (κ2) is 8.31. The summed E-state index contributed by atoms with van der Waals surface area (Å²) in [4.78, 5) is 23.8. The van der Waals surface area contributed by atoms with Crippen molar-refractivity contribution in [1.29, 1.82) is 0 Å². The van der Waals surface area contributed by atoms with Crippen molar-refractivity contribution in [3.05, 3.63) is 82.8 Å². The van der Waals surface area contributed by atoms with Crippen molar-refractivity contribution >= 4 is 11.7 Å². The smallest absolute Gasteiger partial charge is 0.270 e. The van der Waals surface area contributed by atoms with Crippen LogP contribution in [0.3, 0.4) is 0 Å². The third-order valence-corrected chi connectivity index (χ3v) is 5.12.